The van der Waals surface area contributed by atoms with Crippen molar-refractivity contribution < 1.29 is 18.7 Å². The molecule has 0 bridgehead atoms. The van der Waals surface area contributed by atoms with Crippen molar-refractivity contribution in [3.05, 3.63) is 71.8 Å². The number of esters is 1. The van der Waals surface area contributed by atoms with Gasteiger partial charge in [0.1, 0.15) is 5.60 Å². The summed E-state index contributed by atoms with van der Waals surface area (Å²) < 4.78 is 20.1. The highest BCUT2D eigenvalue weighted by molar-refractivity contribution is 5.82. The van der Waals surface area contributed by atoms with Crippen molar-refractivity contribution in [1.82, 2.24) is 5.32 Å². The zero-order valence-electron chi connectivity index (χ0n) is 17.1. The first-order valence-corrected chi connectivity index (χ1v) is 9.66. The van der Waals surface area contributed by atoms with Gasteiger partial charge in [0.25, 0.3) is 5.91 Å². The summed E-state index contributed by atoms with van der Waals surface area (Å²) >= 11 is 0. The van der Waals surface area contributed by atoms with Crippen LogP contribution in [0.4, 0.5) is 4.39 Å². The quantitative estimate of drug-likeness (QED) is 0.665. The fraction of sp³-hybridized carbons (Fsp3) is 0.391. The van der Waals surface area contributed by atoms with Crippen LogP contribution in [0.1, 0.15) is 44.4 Å². The summed E-state index contributed by atoms with van der Waals surface area (Å²) in [6.07, 6.45) is -1.63. The second-order valence-corrected chi connectivity index (χ2v) is 8.02. The van der Waals surface area contributed by atoms with E-state index < -0.39 is 35.7 Å². The van der Waals surface area contributed by atoms with Gasteiger partial charge in [-0.2, -0.15) is 0 Å². The van der Waals surface area contributed by atoms with Crippen molar-refractivity contribution in [2.45, 2.75) is 57.5 Å². The van der Waals surface area contributed by atoms with Gasteiger partial charge in [-0.1, -0.05) is 60.7 Å². The largest absolute Gasteiger partial charge is 0.460 e. The Morgan fingerprint density at radius 3 is 2.14 bits per heavy atom. The van der Waals surface area contributed by atoms with Crippen LogP contribution in [0.3, 0.4) is 0 Å². The van der Waals surface area contributed by atoms with Crippen LogP contribution in [0, 0.1) is 0 Å². The number of ether oxygens (including phenoxy) is 1. The van der Waals surface area contributed by atoms with Gasteiger partial charge in [0.15, 0.2) is 6.17 Å². The molecule has 0 aliphatic rings. The summed E-state index contributed by atoms with van der Waals surface area (Å²) in [7, 11) is 0. The van der Waals surface area contributed by atoms with Crippen molar-refractivity contribution in [3.8, 4) is 0 Å². The number of rotatable bonds is 8. The molecule has 29 heavy (non-hydrogen) atoms. The van der Waals surface area contributed by atoms with E-state index in [0.717, 1.165) is 5.56 Å². The van der Waals surface area contributed by atoms with E-state index in [1.165, 1.54) is 0 Å². The molecule has 0 heterocycles. The van der Waals surface area contributed by atoms with Gasteiger partial charge in [-0.05, 0) is 38.3 Å². The summed E-state index contributed by atoms with van der Waals surface area (Å²) in [6.45, 7) is 5.31. The van der Waals surface area contributed by atoms with Gasteiger partial charge in [-0.25, -0.2) is 4.39 Å². The first-order chi connectivity index (χ1) is 13.7. The summed E-state index contributed by atoms with van der Waals surface area (Å²) in [4.78, 5) is 24.8. The minimum atomic E-state index is -1.94. The topological polar surface area (TPSA) is 81.4 Å². The third-order valence-electron chi connectivity index (χ3n) is 4.25. The maximum Gasteiger partial charge on any atom is 0.308 e. The highest BCUT2D eigenvalue weighted by Crippen LogP contribution is 2.18. The molecule has 0 spiro atoms. The van der Waals surface area contributed by atoms with Crippen molar-refractivity contribution in [2.75, 3.05) is 0 Å². The Balaban J connectivity index is 2.08. The number of hydrogen-bond acceptors (Lipinski definition) is 4. The number of hydrogen-bond donors (Lipinski definition) is 2. The maximum atomic E-state index is 14.7. The normalized spacial score (nSPS) is 14.5. The van der Waals surface area contributed by atoms with E-state index in [1.54, 1.807) is 51.1 Å². The molecule has 0 radical (unpaired) electrons. The lowest BCUT2D eigenvalue weighted by Crippen LogP contribution is -2.45. The molecule has 0 saturated carbocycles. The molecule has 156 valence electrons. The third kappa shape index (κ3) is 7.66. The molecule has 0 saturated heterocycles. The first kappa shape index (κ1) is 22.6. The molecule has 0 unspecified atom stereocenters. The van der Waals surface area contributed by atoms with Crippen molar-refractivity contribution >= 4 is 11.9 Å². The minimum Gasteiger partial charge on any atom is -0.460 e. The monoisotopic (exact) mass is 400 g/mol. The predicted octanol–water partition coefficient (Wildman–Crippen LogP) is 3.48. The highest BCUT2D eigenvalue weighted by Gasteiger charge is 2.29. The second kappa shape index (κ2) is 10.2. The van der Waals surface area contributed by atoms with Gasteiger partial charge in [-0.15, -0.1) is 0 Å². The van der Waals surface area contributed by atoms with Crippen molar-refractivity contribution in [3.63, 3.8) is 0 Å². The van der Waals surface area contributed by atoms with Gasteiger partial charge < -0.3 is 15.8 Å². The van der Waals surface area contributed by atoms with Gasteiger partial charge in [0.05, 0.1) is 12.5 Å². The molecular formula is C23H29FN2O3. The fourth-order valence-electron chi connectivity index (χ4n) is 2.95. The van der Waals surface area contributed by atoms with Gasteiger partial charge in [0, 0.05) is 6.04 Å². The first-order valence-electron chi connectivity index (χ1n) is 9.66. The zero-order valence-corrected chi connectivity index (χ0v) is 17.1. The maximum absolute atomic E-state index is 14.7. The molecule has 2 aromatic carbocycles. The van der Waals surface area contributed by atoms with Crippen LogP contribution < -0.4 is 11.1 Å². The number of carbonyl (C=O) groups is 2. The van der Waals surface area contributed by atoms with Crippen LogP contribution in [0.5, 0.6) is 0 Å². The molecule has 2 rings (SSSR count). The Labute approximate surface area is 171 Å². The van der Waals surface area contributed by atoms with E-state index in [1.807, 2.05) is 30.3 Å². The number of carbonyl (C=O) groups excluding carboxylic acids is 2. The molecule has 6 heteroatoms. The van der Waals surface area contributed by atoms with E-state index in [4.69, 9.17) is 10.5 Å². The lowest BCUT2D eigenvalue weighted by atomic mass is 10.0. The number of benzene rings is 2. The van der Waals surface area contributed by atoms with Crippen LogP contribution in [0.15, 0.2) is 60.7 Å². The smallest absolute Gasteiger partial charge is 0.308 e. The Kier molecular flexibility index (Phi) is 7.91. The number of halogens is 1. The van der Waals surface area contributed by atoms with E-state index in [2.05, 4.69) is 5.32 Å². The van der Waals surface area contributed by atoms with E-state index in [0.29, 0.717) is 12.0 Å². The Morgan fingerprint density at radius 2 is 1.59 bits per heavy atom. The highest BCUT2D eigenvalue weighted by atomic mass is 19.1. The molecule has 0 aliphatic carbocycles. The van der Waals surface area contributed by atoms with E-state index in [-0.39, 0.29) is 6.42 Å². The molecule has 3 N–H and O–H groups in total. The predicted molar refractivity (Wildman–Crippen MR) is 111 cm³/mol. The van der Waals surface area contributed by atoms with Gasteiger partial charge in [-0.3, -0.25) is 9.59 Å². The number of alkyl halides is 1. The van der Waals surface area contributed by atoms with Crippen LogP contribution in [-0.2, 0) is 20.7 Å². The van der Waals surface area contributed by atoms with Crippen LogP contribution in [0.2, 0.25) is 0 Å². The Hall–Kier alpha value is -2.73. The summed E-state index contributed by atoms with van der Waals surface area (Å²) in [5.41, 5.74) is 6.73. The minimum absolute atomic E-state index is 0.0643. The van der Waals surface area contributed by atoms with Gasteiger partial charge in [0.2, 0.25) is 0 Å². The molecule has 3 atom stereocenters. The lowest BCUT2D eigenvalue weighted by molar-refractivity contribution is -0.155. The average molecular weight is 400 g/mol. The van der Waals surface area contributed by atoms with Crippen LogP contribution in [-0.4, -0.2) is 29.7 Å². The molecule has 5 nitrogen and oxygen atoms in total. The molecule has 0 fully saturated rings. The van der Waals surface area contributed by atoms with Crippen LogP contribution >= 0.6 is 0 Å². The zero-order chi connectivity index (χ0) is 21.4. The standard InChI is InChI=1S/C23H29FN2O3/c1-23(2,3)29-19(27)15-18(14-16-10-6-4-7-11-16)26-22(28)20(24)21(25)17-12-8-5-9-13-17/h4-13,18,20-21H,14-15,25H2,1-3H3,(H,26,28)/t18-,20+,21+/m0/s1. The lowest BCUT2D eigenvalue weighted by Gasteiger charge is -2.24. The molecular weight excluding hydrogens is 371 g/mol. The summed E-state index contributed by atoms with van der Waals surface area (Å²) in [6, 6.07) is 16.3. The Morgan fingerprint density at radius 1 is 1.03 bits per heavy atom. The number of amides is 1. The Bertz CT molecular complexity index is 791. The van der Waals surface area contributed by atoms with Gasteiger partial charge >= 0.3 is 5.97 Å². The van der Waals surface area contributed by atoms with E-state index >= 15 is 0 Å². The third-order valence-corrected chi connectivity index (χ3v) is 4.25. The molecule has 0 aliphatic heterocycles. The summed E-state index contributed by atoms with van der Waals surface area (Å²) in [5.74, 6) is -1.30. The molecule has 0 aromatic heterocycles. The van der Waals surface area contributed by atoms with Crippen molar-refractivity contribution in [2.24, 2.45) is 5.73 Å². The molecule has 1 amide bonds. The molecule has 2 aromatic rings. The second-order valence-electron chi connectivity index (χ2n) is 8.02. The van der Waals surface area contributed by atoms with E-state index in [9.17, 15) is 14.0 Å². The summed E-state index contributed by atoms with van der Waals surface area (Å²) in [5, 5.41) is 2.64. The SMILES string of the molecule is CC(C)(C)OC(=O)C[C@H](Cc1ccccc1)NC(=O)[C@H](F)[C@H](N)c1ccccc1. The number of nitrogens with two attached hydrogens (primary N) is 1. The fourth-order valence-corrected chi connectivity index (χ4v) is 2.95. The van der Waals surface area contributed by atoms with Crippen molar-refractivity contribution in [1.29, 1.82) is 0 Å². The van der Waals surface area contributed by atoms with Crippen LogP contribution in [0.25, 0.3) is 0 Å². The average Bonchev–Trinajstić information content (AvgIpc) is 2.66. The number of nitrogens with one attached hydrogen (secondary N) is 1.